The Bertz CT molecular complexity index is 728. The average Bonchev–Trinajstić information content (AvgIpc) is 3.14. The van der Waals surface area contributed by atoms with Crippen molar-refractivity contribution in [3.8, 4) is 0 Å². The summed E-state index contributed by atoms with van der Waals surface area (Å²) in [6.07, 6.45) is 1.09. The van der Waals surface area contributed by atoms with Gasteiger partial charge in [-0.15, -0.1) is 0 Å². The number of hydrogen-bond donors (Lipinski definition) is 1. The SMILES string of the molecule is CCc1noc(CN2C(=O)NC(CC)(c3ccccc3)C2=O)n1. The Hall–Kier alpha value is -2.70. The molecule has 7 heteroatoms. The molecule has 3 amide bonds. The number of carbonyl (C=O) groups excluding carboxylic acids is 2. The van der Waals surface area contributed by atoms with Crippen molar-refractivity contribution in [2.24, 2.45) is 0 Å². The highest BCUT2D eigenvalue weighted by molar-refractivity contribution is 6.07. The number of nitrogens with zero attached hydrogens (tertiary/aromatic N) is 3. The summed E-state index contributed by atoms with van der Waals surface area (Å²) in [5, 5.41) is 6.61. The Kier molecular flexibility index (Phi) is 3.85. The van der Waals surface area contributed by atoms with E-state index in [-0.39, 0.29) is 18.3 Å². The van der Waals surface area contributed by atoms with Crippen molar-refractivity contribution < 1.29 is 14.1 Å². The molecule has 1 N–H and O–H groups in total. The lowest BCUT2D eigenvalue weighted by molar-refractivity contribution is -0.132. The molecule has 1 atom stereocenters. The van der Waals surface area contributed by atoms with Gasteiger partial charge in [-0.2, -0.15) is 4.98 Å². The van der Waals surface area contributed by atoms with E-state index in [1.165, 1.54) is 0 Å². The van der Waals surface area contributed by atoms with Gasteiger partial charge in [-0.25, -0.2) is 4.79 Å². The zero-order valence-corrected chi connectivity index (χ0v) is 13.1. The zero-order valence-electron chi connectivity index (χ0n) is 13.1. The van der Waals surface area contributed by atoms with Crippen molar-refractivity contribution in [3.05, 3.63) is 47.6 Å². The molecule has 3 rings (SSSR count). The summed E-state index contributed by atoms with van der Waals surface area (Å²) in [4.78, 5) is 30.5. The lowest BCUT2D eigenvalue weighted by Crippen LogP contribution is -2.43. The van der Waals surface area contributed by atoms with Crippen LogP contribution in [-0.4, -0.2) is 27.0 Å². The van der Waals surface area contributed by atoms with E-state index in [0.29, 0.717) is 18.7 Å². The Morgan fingerprint density at radius 1 is 1.22 bits per heavy atom. The van der Waals surface area contributed by atoms with Crippen LogP contribution in [0.2, 0.25) is 0 Å². The second-order valence-corrected chi connectivity index (χ2v) is 5.40. The van der Waals surface area contributed by atoms with Crippen LogP contribution >= 0.6 is 0 Å². The van der Waals surface area contributed by atoms with E-state index in [4.69, 9.17) is 4.52 Å². The smallest absolute Gasteiger partial charge is 0.325 e. The molecule has 120 valence electrons. The summed E-state index contributed by atoms with van der Waals surface area (Å²) in [5.74, 6) is 0.509. The Morgan fingerprint density at radius 2 is 1.96 bits per heavy atom. The van der Waals surface area contributed by atoms with Gasteiger partial charge in [0.05, 0.1) is 0 Å². The van der Waals surface area contributed by atoms with Crippen LogP contribution in [0.1, 0.15) is 37.5 Å². The minimum absolute atomic E-state index is 0.0216. The van der Waals surface area contributed by atoms with Gasteiger partial charge in [-0.1, -0.05) is 49.3 Å². The summed E-state index contributed by atoms with van der Waals surface area (Å²) in [6, 6.07) is 8.80. The van der Waals surface area contributed by atoms with Crippen molar-refractivity contribution in [2.45, 2.75) is 38.8 Å². The molecule has 1 aliphatic heterocycles. The van der Waals surface area contributed by atoms with E-state index < -0.39 is 11.6 Å². The van der Waals surface area contributed by atoms with Crippen molar-refractivity contribution in [3.63, 3.8) is 0 Å². The molecule has 1 aromatic heterocycles. The highest BCUT2D eigenvalue weighted by atomic mass is 16.5. The van der Waals surface area contributed by atoms with Gasteiger partial charge >= 0.3 is 6.03 Å². The molecule has 23 heavy (non-hydrogen) atoms. The number of aromatic nitrogens is 2. The number of carbonyl (C=O) groups is 2. The molecule has 1 fully saturated rings. The van der Waals surface area contributed by atoms with Crippen LogP contribution in [-0.2, 0) is 23.3 Å². The predicted molar refractivity (Wildman–Crippen MR) is 81.2 cm³/mol. The van der Waals surface area contributed by atoms with Gasteiger partial charge in [0.2, 0.25) is 5.89 Å². The van der Waals surface area contributed by atoms with E-state index in [1.54, 1.807) is 0 Å². The van der Waals surface area contributed by atoms with E-state index in [1.807, 2.05) is 44.2 Å². The molecule has 0 spiro atoms. The van der Waals surface area contributed by atoms with Gasteiger partial charge in [0.15, 0.2) is 5.82 Å². The van der Waals surface area contributed by atoms with Crippen molar-refractivity contribution in [2.75, 3.05) is 0 Å². The highest BCUT2D eigenvalue weighted by Gasteiger charge is 2.51. The quantitative estimate of drug-likeness (QED) is 0.853. The molecule has 0 saturated carbocycles. The number of imide groups is 1. The van der Waals surface area contributed by atoms with Gasteiger partial charge in [0.25, 0.3) is 5.91 Å². The number of rotatable bonds is 5. The number of benzene rings is 1. The second-order valence-electron chi connectivity index (χ2n) is 5.40. The first-order chi connectivity index (χ1) is 11.1. The third-order valence-corrected chi connectivity index (χ3v) is 4.09. The van der Waals surface area contributed by atoms with Gasteiger partial charge in [0, 0.05) is 6.42 Å². The molecule has 2 heterocycles. The number of amides is 3. The summed E-state index contributed by atoms with van der Waals surface area (Å²) < 4.78 is 5.09. The summed E-state index contributed by atoms with van der Waals surface area (Å²) in [5.41, 5.74) is -0.269. The van der Waals surface area contributed by atoms with Crippen LogP contribution in [0.4, 0.5) is 4.79 Å². The molecule has 0 aliphatic carbocycles. The molecule has 1 aromatic carbocycles. The van der Waals surface area contributed by atoms with Gasteiger partial charge in [0.1, 0.15) is 12.1 Å². The molecule has 7 nitrogen and oxygen atoms in total. The molecule has 2 aromatic rings. The lowest BCUT2D eigenvalue weighted by atomic mass is 9.87. The Balaban J connectivity index is 1.89. The molecule has 1 unspecified atom stereocenters. The van der Waals surface area contributed by atoms with Crippen molar-refractivity contribution in [1.29, 1.82) is 0 Å². The maximum Gasteiger partial charge on any atom is 0.325 e. The Labute approximate surface area is 133 Å². The van der Waals surface area contributed by atoms with Crippen molar-refractivity contribution >= 4 is 11.9 Å². The van der Waals surface area contributed by atoms with Crippen LogP contribution in [0, 0.1) is 0 Å². The fraction of sp³-hybridized carbons (Fsp3) is 0.375. The zero-order chi connectivity index (χ0) is 16.4. The first-order valence-electron chi connectivity index (χ1n) is 7.61. The summed E-state index contributed by atoms with van der Waals surface area (Å²) in [6.45, 7) is 3.75. The normalized spacial score (nSPS) is 20.9. The van der Waals surface area contributed by atoms with Gasteiger partial charge in [-0.3, -0.25) is 9.69 Å². The van der Waals surface area contributed by atoms with Gasteiger partial charge < -0.3 is 9.84 Å². The third kappa shape index (κ3) is 2.48. The fourth-order valence-electron chi connectivity index (χ4n) is 2.77. The lowest BCUT2D eigenvalue weighted by Gasteiger charge is -2.25. The second kappa shape index (κ2) is 5.83. The fourth-order valence-corrected chi connectivity index (χ4v) is 2.77. The molecule has 1 saturated heterocycles. The number of aryl methyl sites for hydroxylation is 1. The largest absolute Gasteiger partial charge is 0.337 e. The molecular formula is C16H18N4O3. The van der Waals surface area contributed by atoms with Crippen LogP contribution in [0.3, 0.4) is 0 Å². The maximum atomic E-state index is 12.9. The number of urea groups is 1. The first-order valence-corrected chi connectivity index (χ1v) is 7.61. The van der Waals surface area contributed by atoms with E-state index >= 15 is 0 Å². The Morgan fingerprint density at radius 3 is 2.57 bits per heavy atom. The van der Waals surface area contributed by atoms with Crippen LogP contribution in [0.25, 0.3) is 0 Å². The average molecular weight is 314 g/mol. The molecule has 0 radical (unpaired) electrons. The predicted octanol–water partition coefficient (Wildman–Crippen LogP) is 1.99. The van der Waals surface area contributed by atoms with Crippen LogP contribution in [0.5, 0.6) is 0 Å². The topological polar surface area (TPSA) is 88.3 Å². The first kappa shape index (κ1) is 15.2. The van der Waals surface area contributed by atoms with E-state index in [2.05, 4.69) is 15.5 Å². The van der Waals surface area contributed by atoms with E-state index in [0.717, 1.165) is 10.5 Å². The minimum Gasteiger partial charge on any atom is -0.337 e. The summed E-state index contributed by atoms with van der Waals surface area (Å²) in [7, 11) is 0. The van der Waals surface area contributed by atoms with Crippen molar-refractivity contribution in [1.82, 2.24) is 20.4 Å². The summed E-state index contributed by atoms with van der Waals surface area (Å²) >= 11 is 0. The maximum absolute atomic E-state index is 12.9. The monoisotopic (exact) mass is 314 g/mol. The van der Waals surface area contributed by atoms with E-state index in [9.17, 15) is 9.59 Å². The highest BCUT2D eigenvalue weighted by Crippen LogP contribution is 2.32. The third-order valence-electron chi connectivity index (χ3n) is 4.09. The van der Waals surface area contributed by atoms with Crippen LogP contribution < -0.4 is 5.32 Å². The van der Waals surface area contributed by atoms with Gasteiger partial charge in [-0.05, 0) is 12.0 Å². The standard InChI is InChI=1S/C16H18N4O3/c1-3-12-17-13(23-19-12)10-20-14(21)16(4-2,18-15(20)22)11-8-6-5-7-9-11/h5-9H,3-4,10H2,1-2H3,(H,18,22). The number of nitrogens with one attached hydrogen (secondary N) is 1. The molecule has 0 bridgehead atoms. The number of hydrogen-bond acceptors (Lipinski definition) is 5. The minimum atomic E-state index is -1.04. The molecular weight excluding hydrogens is 296 g/mol. The molecule has 1 aliphatic rings. The van der Waals surface area contributed by atoms with Crippen LogP contribution in [0.15, 0.2) is 34.9 Å².